The number of hydrogen-bond acceptors (Lipinski definition) is 2. The zero-order valence-electron chi connectivity index (χ0n) is 13.0. The van der Waals surface area contributed by atoms with Crippen LogP contribution < -0.4 is 5.32 Å². The van der Waals surface area contributed by atoms with E-state index in [0.717, 1.165) is 37.6 Å². The molecule has 0 aromatic heterocycles. The Labute approximate surface area is 125 Å². The Morgan fingerprint density at radius 3 is 2.81 bits per heavy atom. The number of rotatable bonds is 3. The van der Waals surface area contributed by atoms with Crippen molar-refractivity contribution >= 4 is 5.96 Å². The molecule has 1 aliphatic rings. The molecular weight excluding hydrogens is 269 g/mol. The van der Waals surface area contributed by atoms with Crippen molar-refractivity contribution < 1.29 is 9.50 Å². The van der Waals surface area contributed by atoms with Crippen molar-refractivity contribution in [2.45, 2.75) is 33.7 Å². The standard InChI is InChI=1S/C16H24FN3O/c1-4-18-15(20-8-7-16(2,3)11-20)19-10-12-5-6-14(21)13(17)9-12/h5-6,9,21H,4,7-8,10-11H2,1-3H3,(H,18,19). The Morgan fingerprint density at radius 1 is 1.48 bits per heavy atom. The second-order valence-electron chi connectivity index (χ2n) is 6.29. The fourth-order valence-electron chi connectivity index (χ4n) is 2.53. The molecule has 1 saturated heterocycles. The van der Waals surface area contributed by atoms with Crippen LogP contribution >= 0.6 is 0 Å². The number of nitrogens with zero attached hydrogens (tertiary/aromatic N) is 2. The monoisotopic (exact) mass is 293 g/mol. The van der Waals surface area contributed by atoms with Crippen LogP contribution in [0.5, 0.6) is 5.75 Å². The van der Waals surface area contributed by atoms with Gasteiger partial charge in [-0.15, -0.1) is 0 Å². The Hall–Kier alpha value is -1.78. The van der Waals surface area contributed by atoms with Gasteiger partial charge >= 0.3 is 0 Å². The molecule has 1 heterocycles. The van der Waals surface area contributed by atoms with Gasteiger partial charge in [0, 0.05) is 19.6 Å². The fraction of sp³-hybridized carbons (Fsp3) is 0.562. The second-order valence-corrected chi connectivity index (χ2v) is 6.29. The van der Waals surface area contributed by atoms with E-state index in [2.05, 4.69) is 29.1 Å². The van der Waals surface area contributed by atoms with Gasteiger partial charge in [-0.1, -0.05) is 19.9 Å². The summed E-state index contributed by atoms with van der Waals surface area (Å²) < 4.78 is 13.3. The van der Waals surface area contributed by atoms with Crippen LogP contribution in [0.1, 0.15) is 32.8 Å². The lowest BCUT2D eigenvalue weighted by Crippen LogP contribution is -2.40. The lowest BCUT2D eigenvalue weighted by molar-refractivity contribution is 0.370. The number of aromatic hydroxyl groups is 1. The van der Waals surface area contributed by atoms with E-state index >= 15 is 0 Å². The average Bonchev–Trinajstić information content (AvgIpc) is 2.78. The number of aliphatic imine (C=N–C) groups is 1. The van der Waals surface area contributed by atoms with Gasteiger partial charge in [0.05, 0.1) is 6.54 Å². The molecule has 0 saturated carbocycles. The third kappa shape index (κ3) is 4.09. The quantitative estimate of drug-likeness (QED) is 0.665. The van der Waals surface area contributed by atoms with E-state index < -0.39 is 5.82 Å². The summed E-state index contributed by atoms with van der Waals surface area (Å²) in [6, 6.07) is 4.39. The van der Waals surface area contributed by atoms with E-state index in [4.69, 9.17) is 0 Å². The third-order valence-electron chi connectivity index (χ3n) is 3.74. The van der Waals surface area contributed by atoms with Crippen LogP contribution in [-0.4, -0.2) is 35.6 Å². The van der Waals surface area contributed by atoms with E-state index in [-0.39, 0.29) is 5.75 Å². The molecule has 0 spiro atoms. The molecule has 2 N–H and O–H groups in total. The number of benzene rings is 1. The predicted octanol–water partition coefficient (Wildman–Crippen LogP) is 2.73. The maximum absolute atomic E-state index is 13.3. The molecule has 1 aliphatic heterocycles. The van der Waals surface area contributed by atoms with Crippen molar-refractivity contribution in [1.82, 2.24) is 10.2 Å². The van der Waals surface area contributed by atoms with E-state index in [1.807, 2.05) is 6.92 Å². The van der Waals surface area contributed by atoms with Gasteiger partial charge in [-0.25, -0.2) is 9.38 Å². The minimum Gasteiger partial charge on any atom is -0.505 e. The summed E-state index contributed by atoms with van der Waals surface area (Å²) >= 11 is 0. The molecule has 0 amide bonds. The van der Waals surface area contributed by atoms with E-state index in [9.17, 15) is 9.50 Å². The normalized spacial score (nSPS) is 18.1. The zero-order valence-corrected chi connectivity index (χ0v) is 13.0. The predicted molar refractivity (Wildman–Crippen MR) is 82.9 cm³/mol. The SMILES string of the molecule is CCNC(=NCc1ccc(O)c(F)c1)N1CCC(C)(C)C1. The Balaban J connectivity index is 2.09. The van der Waals surface area contributed by atoms with Crippen molar-refractivity contribution in [3.63, 3.8) is 0 Å². The fourth-order valence-corrected chi connectivity index (χ4v) is 2.53. The first-order valence-electron chi connectivity index (χ1n) is 7.42. The highest BCUT2D eigenvalue weighted by atomic mass is 19.1. The molecule has 0 aliphatic carbocycles. The molecule has 21 heavy (non-hydrogen) atoms. The summed E-state index contributed by atoms with van der Waals surface area (Å²) in [5.74, 6) is -0.0532. The molecule has 5 heteroatoms. The van der Waals surface area contributed by atoms with Gasteiger partial charge in [0.2, 0.25) is 0 Å². The van der Waals surface area contributed by atoms with Crippen molar-refractivity contribution in [3.05, 3.63) is 29.6 Å². The van der Waals surface area contributed by atoms with Gasteiger partial charge in [0.25, 0.3) is 0 Å². The van der Waals surface area contributed by atoms with E-state index in [1.165, 1.54) is 12.1 Å². The molecule has 0 atom stereocenters. The number of halogens is 1. The molecule has 1 aromatic rings. The molecule has 0 radical (unpaired) electrons. The van der Waals surface area contributed by atoms with Crippen molar-refractivity contribution in [2.24, 2.45) is 10.4 Å². The van der Waals surface area contributed by atoms with E-state index in [1.54, 1.807) is 6.07 Å². The average molecular weight is 293 g/mol. The first kappa shape index (κ1) is 15.6. The maximum Gasteiger partial charge on any atom is 0.194 e. The molecule has 0 bridgehead atoms. The summed E-state index contributed by atoms with van der Waals surface area (Å²) in [6.07, 6.45) is 1.14. The van der Waals surface area contributed by atoms with Crippen LogP contribution in [0.2, 0.25) is 0 Å². The van der Waals surface area contributed by atoms with Crippen molar-refractivity contribution in [1.29, 1.82) is 0 Å². The zero-order chi connectivity index (χ0) is 15.5. The minimum absolute atomic E-state index is 0.306. The third-order valence-corrected chi connectivity index (χ3v) is 3.74. The number of phenols is 1. The summed E-state index contributed by atoms with van der Waals surface area (Å²) in [6.45, 7) is 9.72. The highest BCUT2D eigenvalue weighted by Crippen LogP contribution is 2.28. The van der Waals surface area contributed by atoms with Crippen LogP contribution in [-0.2, 0) is 6.54 Å². The smallest absolute Gasteiger partial charge is 0.194 e. The topological polar surface area (TPSA) is 47.9 Å². The van der Waals surface area contributed by atoms with Gasteiger partial charge in [0.1, 0.15) is 0 Å². The van der Waals surface area contributed by atoms with Gasteiger partial charge in [0.15, 0.2) is 17.5 Å². The molecule has 1 aromatic carbocycles. The lowest BCUT2D eigenvalue weighted by atomic mass is 9.93. The van der Waals surface area contributed by atoms with Crippen LogP contribution in [0.3, 0.4) is 0 Å². The van der Waals surface area contributed by atoms with Gasteiger partial charge in [-0.2, -0.15) is 0 Å². The Morgan fingerprint density at radius 2 is 2.24 bits per heavy atom. The second kappa shape index (κ2) is 6.33. The molecule has 116 valence electrons. The van der Waals surface area contributed by atoms with Gasteiger partial charge < -0.3 is 15.3 Å². The summed E-state index contributed by atoms with van der Waals surface area (Å²) in [5, 5.41) is 12.5. The largest absolute Gasteiger partial charge is 0.505 e. The first-order chi connectivity index (χ1) is 9.91. The number of likely N-dealkylation sites (tertiary alicyclic amines) is 1. The number of phenolic OH excluding ortho intramolecular Hbond substituents is 1. The maximum atomic E-state index is 13.3. The van der Waals surface area contributed by atoms with Crippen LogP contribution in [0.25, 0.3) is 0 Å². The van der Waals surface area contributed by atoms with Gasteiger partial charge in [-0.3, -0.25) is 0 Å². The van der Waals surface area contributed by atoms with Crippen LogP contribution in [0, 0.1) is 11.2 Å². The highest BCUT2D eigenvalue weighted by molar-refractivity contribution is 5.80. The van der Waals surface area contributed by atoms with Crippen LogP contribution in [0.4, 0.5) is 4.39 Å². The molecule has 1 fully saturated rings. The first-order valence-corrected chi connectivity index (χ1v) is 7.42. The molecule has 4 nitrogen and oxygen atoms in total. The molecule has 2 rings (SSSR count). The number of guanidine groups is 1. The van der Waals surface area contributed by atoms with Crippen LogP contribution in [0.15, 0.2) is 23.2 Å². The van der Waals surface area contributed by atoms with Crippen molar-refractivity contribution in [2.75, 3.05) is 19.6 Å². The summed E-state index contributed by atoms with van der Waals surface area (Å²) in [7, 11) is 0. The Kier molecular flexibility index (Phi) is 4.70. The molecular formula is C16H24FN3O. The highest BCUT2D eigenvalue weighted by Gasteiger charge is 2.30. The lowest BCUT2D eigenvalue weighted by Gasteiger charge is -2.23. The van der Waals surface area contributed by atoms with E-state index in [0.29, 0.717) is 12.0 Å². The minimum atomic E-state index is -0.602. The summed E-state index contributed by atoms with van der Waals surface area (Å²) in [4.78, 5) is 6.84. The van der Waals surface area contributed by atoms with Gasteiger partial charge in [-0.05, 0) is 36.5 Å². The Bertz CT molecular complexity index is 528. The number of hydrogen-bond donors (Lipinski definition) is 2. The number of nitrogens with one attached hydrogen (secondary N) is 1. The van der Waals surface area contributed by atoms with Crippen molar-refractivity contribution in [3.8, 4) is 5.75 Å². The summed E-state index contributed by atoms with van der Waals surface area (Å²) in [5.41, 5.74) is 1.06. The molecule has 0 unspecified atom stereocenters.